The fourth-order valence-corrected chi connectivity index (χ4v) is 5.68. The maximum Gasteiger partial charge on any atom is 0.262 e. The van der Waals surface area contributed by atoms with Crippen molar-refractivity contribution >= 4 is 15.7 Å². The third kappa shape index (κ3) is 2.74. The molecule has 0 aromatic carbocycles. The van der Waals surface area contributed by atoms with Crippen LogP contribution in [0, 0.1) is 6.92 Å². The zero-order valence-electron chi connectivity index (χ0n) is 16.0. The Morgan fingerprint density at radius 3 is 2.64 bits per heavy atom. The van der Waals surface area contributed by atoms with E-state index in [1.165, 1.54) is 9.87 Å². The van der Waals surface area contributed by atoms with Crippen molar-refractivity contribution in [2.24, 2.45) is 7.05 Å². The molecule has 3 aromatic heterocycles. The molecule has 1 aliphatic heterocycles. The molecule has 1 fully saturated rings. The molecule has 0 unspecified atom stereocenters. The van der Waals surface area contributed by atoms with Crippen LogP contribution in [0.15, 0.2) is 17.3 Å². The Bertz CT molecular complexity index is 1140. The number of sulfonamides is 1. The second kappa shape index (κ2) is 6.35. The van der Waals surface area contributed by atoms with Crippen molar-refractivity contribution < 1.29 is 8.42 Å². The largest absolute Gasteiger partial charge is 0.337 e. The van der Waals surface area contributed by atoms with E-state index in [2.05, 4.69) is 21.2 Å². The first kappa shape index (κ1) is 17.7. The van der Waals surface area contributed by atoms with Gasteiger partial charge in [-0.2, -0.15) is 13.9 Å². The number of rotatable bonds is 3. The van der Waals surface area contributed by atoms with E-state index < -0.39 is 10.0 Å². The first-order valence-electron chi connectivity index (χ1n) is 9.68. The van der Waals surface area contributed by atoms with Crippen molar-refractivity contribution in [3.05, 3.63) is 35.2 Å². The molecule has 4 heterocycles. The number of fused-ring (bicyclic) bond motifs is 2. The zero-order valence-corrected chi connectivity index (χ0v) is 16.9. The van der Waals surface area contributed by atoms with Crippen molar-refractivity contribution in [2.75, 3.05) is 13.1 Å². The van der Waals surface area contributed by atoms with Crippen LogP contribution >= 0.6 is 0 Å². The molecule has 5 rings (SSSR count). The van der Waals surface area contributed by atoms with Gasteiger partial charge in [0.2, 0.25) is 0 Å². The van der Waals surface area contributed by atoms with E-state index in [1.54, 1.807) is 24.7 Å². The number of piperidine rings is 1. The normalized spacial score (nSPS) is 18.8. The zero-order chi connectivity index (χ0) is 19.5. The van der Waals surface area contributed by atoms with Crippen LogP contribution in [-0.4, -0.2) is 55.2 Å². The molecule has 9 nitrogen and oxygen atoms in total. The first-order chi connectivity index (χ1) is 13.4. The molecule has 3 aromatic rings. The minimum Gasteiger partial charge on any atom is -0.337 e. The van der Waals surface area contributed by atoms with Gasteiger partial charge in [0.05, 0.1) is 5.69 Å². The second-order valence-electron chi connectivity index (χ2n) is 7.71. The van der Waals surface area contributed by atoms with E-state index in [0.29, 0.717) is 31.8 Å². The molecule has 28 heavy (non-hydrogen) atoms. The van der Waals surface area contributed by atoms with Crippen LogP contribution in [0.5, 0.6) is 0 Å². The number of imidazole rings is 1. The van der Waals surface area contributed by atoms with Gasteiger partial charge in [0, 0.05) is 32.3 Å². The van der Waals surface area contributed by atoms with E-state index in [9.17, 15) is 8.42 Å². The van der Waals surface area contributed by atoms with Gasteiger partial charge in [0.25, 0.3) is 10.0 Å². The number of aromatic nitrogens is 6. The van der Waals surface area contributed by atoms with E-state index in [4.69, 9.17) is 5.10 Å². The molecular weight excluding hydrogens is 378 g/mol. The molecule has 2 aliphatic rings. The highest BCUT2D eigenvalue weighted by atomic mass is 32.2. The Morgan fingerprint density at radius 1 is 1.14 bits per heavy atom. The predicted molar refractivity (Wildman–Crippen MR) is 101 cm³/mol. The Labute approximate surface area is 163 Å². The van der Waals surface area contributed by atoms with Gasteiger partial charge in [-0.1, -0.05) is 0 Å². The van der Waals surface area contributed by atoms with Crippen molar-refractivity contribution in [3.8, 4) is 0 Å². The molecule has 148 valence electrons. The topological polar surface area (TPSA) is 98.3 Å². The fraction of sp³-hybridized carbons (Fsp3) is 0.556. The van der Waals surface area contributed by atoms with Gasteiger partial charge in [0.1, 0.15) is 5.82 Å². The highest BCUT2D eigenvalue weighted by molar-refractivity contribution is 7.89. The molecule has 10 heteroatoms. The van der Waals surface area contributed by atoms with Crippen molar-refractivity contribution in [1.29, 1.82) is 0 Å². The summed E-state index contributed by atoms with van der Waals surface area (Å²) >= 11 is 0. The summed E-state index contributed by atoms with van der Waals surface area (Å²) in [6.45, 7) is 2.69. The molecule has 0 radical (unpaired) electrons. The van der Waals surface area contributed by atoms with Crippen molar-refractivity contribution in [3.63, 3.8) is 0 Å². The van der Waals surface area contributed by atoms with Crippen LogP contribution in [0.3, 0.4) is 0 Å². The van der Waals surface area contributed by atoms with Crippen molar-refractivity contribution in [1.82, 2.24) is 33.7 Å². The quantitative estimate of drug-likeness (QED) is 0.655. The summed E-state index contributed by atoms with van der Waals surface area (Å²) in [5.74, 6) is 1.68. The lowest BCUT2D eigenvalue weighted by Gasteiger charge is -2.29. The second-order valence-corrected chi connectivity index (χ2v) is 9.60. The monoisotopic (exact) mass is 401 g/mol. The van der Waals surface area contributed by atoms with Gasteiger partial charge in [-0.3, -0.25) is 0 Å². The summed E-state index contributed by atoms with van der Waals surface area (Å²) in [6, 6.07) is 2.09. The van der Waals surface area contributed by atoms with Crippen LogP contribution in [0.25, 0.3) is 5.65 Å². The van der Waals surface area contributed by atoms with Crippen molar-refractivity contribution in [2.45, 2.75) is 50.0 Å². The molecule has 0 bridgehead atoms. The van der Waals surface area contributed by atoms with E-state index in [0.717, 1.165) is 36.4 Å². The standard InChI is InChI=1S/C18H23N7O2S/c1-12-19-17(11-23(12)2)28(26,27)24-8-6-13(7-9-24)18-21-20-16-10-14-4-3-5-15(14)22-25(16)18/h10-11,13H,3-9H2,1-2H3. The molecule has 1 aliphatic carbocycles. The van der Waals surface area contributed by atoms with Gasteiger partial charge in [0.15, 0.2) is 16.5 Å². The number of aryl methyl sites for hydroxylation is 4. The lowest BCUT2D eigenvalue weighted by atomic mass is 9.97. The molecular formula is C18H23N7O2S. The SMILES string of the molecule is Cc1nc(S(=O)(=O)N2CCC(c3nnc4cc5c(nn34)CCC5)CC2)cn1C. The van der Waals surface area contributed by atoms with Crippen LogP contribution in [0.4, 0.5) is 0 Å². The maximum atomic E-state index is 12.9. The first-order valence-corrected chi connectivity index (χ1v) is 11.1. The molecule has 1 saturated heterocycles. The third-order valence-electron chi connectivity index (χ3n) is 5.95. The molecule has 0 N–H and O–H groups in total. The van der Waals surface area contributed by atoms with Gasteiger partial charge in [-0.15, -0.1) is 10.2 Å². The number of hydrogen-bond donors (Lipinski definition) is 0. The lowest BCUT2D eigenvalue weighted by Crippen LogP contribution is -2.38. The maximum absolute atomic E-state index is 12.9. The highest BCUT2D eigenvalue weighted by Crippen LogP contribution is 2.30. The lowest BCUT2D eigenvalue weighted by molar-refractivity contribution is 0.310. The van der Waals surface area contributed by atoms with E-state index in [1.807, 2.05) is 4.52 Å². The minimum atomic E-state index is -3.56. The molecule has 0 amide bonds. The Morgan fingerprint density at radius 2 is 1.93 bits per heavy atom. The highest BCUT2D eigenvalue weighted by Gasteiger charge is 2.33. The van der Waals surface area contributed by atoms with Crippen LogP contribution in [0.1, 0.15) is 48.1 Å². The summed E-state index contributed by atoms with van der Waals surface area (Å²) in [4.78, 5) is 4.20. The van der Waals surface area contributed by atoms with Crippen LogP contribution in [-0.2, 0) is 29.9 Å². The summed E-state index contributed by atoms with van der Waals surface area (Å²) in [7, 11) is -1.76. The average molecular weight is 401 g/mol. The Balaban J connectivity index is 1.37. The van der Waals surface area contributed by atoms with Crippen LogP contribution < -0.4 is 0 Å². The summed E-state index contributed by atoms with van der Waals surface area (Å²) in [5, 5.41) is 13.6. The van der Waals surface area contributed by atoms with Gasteiger partial charge in [-0.25, -0.2) is 13.4 Å². The summed E-state index contributed by atoms with van der Waals surface area (Å²) in [5.41, 5.74) is 3.20. The molecule has 0 spiro atoms. The van der Waals surface area contributed by atoms with Crippen LogP contribution in [0.2, 0.25) is 0 Å². The third-order valence-corrected chi connectivity index (χ3v) is 7.72. The molecule has 0 atom stereocenters. The Kier molecular flexibility index (Phi) is 4.02. The van der Waals surface area contributed by atoms with E-state index in [-0.39, 0.29) is 10.9 Å². The van der Waals surface area contributed by atoms with Gasteiger partial charge < -0.3 is 4.57 Å². The summed E-state index contributed by atoms with van der Waals surface area (Å²) in [6.07, 6.45) is 6.18. The number of nitrogens with zero attached hydrogens (tertiary/aromatic N) is 7. The minimum absolute atomic E-state index is 0.121. The smallest absolute Gasteiger partial charge is 0.262 e. The van der Waals surface area contributed by atoms with E-state index >= 15 is 0 Å². The summed E-state index contributed by atoms with van der Waals surface area (Å²) < 4.78 is 30.9. The van der Waals surface area contributed by atoms with Gasteiger partial charge >= 0.3 is 0 Å². The molecule has 0 saturated carbocycles. The predicted octanol–water partition coefficient (Wildman–Crippen LogP) is 1.22. The Hall–Kier alpha value is -2.33. The average Bonchev–Trinajstić information content (AvgIpc) is 3.39. The van der Waals surface area contributed by atoms with Gasteiger partial charge in [-0.05, 0) is 50.7 Å². The fourth-order valence-electron chi connectivity index (χ4n) is 4.19. The number of hydrogen-bond acceptors (Lipinski definition) is 6.